The molecule has 2 aromatic carbocycles. The van der Waals surface area contributed by atoms with E-state index in [1.54, 1.807) is 0 Å². The molecule has 1 aliphatic carbocycles. The van der Waals surface area contributed by atoms with Crippen molar-refractivity contribution in [1.29, 1.82) is 0 Å². The van der Waals surface area contributed by atoms with Crippen LogP contribution in [0.1, 0.15) is 61.8 Å². The molecule has 1 fully saturated rings. The van der Waals surface area contributed by atoms with Crippen molar-refractivity contribution in [2.24, 2.45) is 5.92 Å². The van der Waals surface area contributed by atoms with Gasteiger partial charge < -0.3 is 4.74 Å². The Morgan fingerprint density at radius 2 is 1.76 bits per heavy atom. The molecule has 0 saturated carbocycles. The number of nitrogens with zero attached hydrogens (tertiary/aromatic N) is 1. The molecule has 4 rings (SSSR count). The van der Waals surface area contributed by atoms with Crippen molar-refractivity contribution in [2.75, 3.05) is 20.2 Å². The Morgan fingerprint density at radius 3 is 2.41 bits per heavy atom. The van der Waals surface area contributed by atoms with Gasteiger partial charge in [0.15, 0.2) is 0 Å². The van der Waals surface area contributed by atoms with Gasteiger partial charge in [-0.2, -0.15) is 0 Å². The number of piperidine rings is 1. The zero-order chi connectivity index (χ0) is 20.5. The minimum absolute atomic E-state index is 0.0525. The van der Waals surface area contributed by atoms with Crippen LogP contribution in [0.5, 0.6) is 0 Å². The van der Waals surface area contributed by atoms with Crippen LogP contribution in [-0.4, -0.2) is 31.1 Å². The molecule has 4 heteroatoms. The van der Waals surface area contributed by atoms with Crippen LogP contribution in [0.4, 0.5) is 0 Å². The zero-order valence-electron chi connectivity index (χ0n) is 17.6. The summed E-state index contributed by atoms with van der Waals surface area (Å²) < 4.78 is 4.92. The summed E-state index contributed by atoms with van der Waals surface area (Å²) in [6.45, 7) is 6.28. The number of ether oxygens (including phenoxy) is 1. The van der Waals surface area contributed by atoms with Gasteiger partial charge in [-0.15, -0.1) is 0 Å². The van der Waals surface area contributed by atoms with E-state index in [0.717, 1.165) is 43.8 Å². The molecule has 0 amide bonds. The Kier molecular flexibility index (Phi) is 5.98. The average molecular weight is 412 g/mol. The van der Waals surface area contributed by atoms with Crippen LogP contribution in [0.25, 0.3) is 11.1 Å². The van der Waals surface area contributed by atoms with E-state index in [4.69, 9.17) is 16.3 Å². The molecular formula is C25H30ClNO2. The molecule has 0 bridgehead atoms. The number of carbonyl (C=O) groups is 1. The number of carbonyl (C=O) groups excluding carboxylic acids is 1. The smallest absolute Gasteiger partial charge is 0.308 e. The Bertz CT molecular complexity index is 900. The van der Waals surface area contributed by atoms with Crippen LogP contribution in [0.2, 0.25) is 5.02 Å². The highest BCUT2D eigenvalue weighted by Crippen LogP contribution is 2.40. The second-order valence-electron chi connectivity index (χ2n) is 8.69. The molecular weight excluding hydrogens is 382 g/mol. The predicted molar refractivity (Wildman–Crippen MR) is 118 cm³/mol. The Labute approximate surface area is 179 Å². The summed E-state index contributed by atoms with van der Waals surface area (Å²) in [6.07, 6.45) is 4.08. The lowest BCUT2D eigenvalue weighted by atomic mass is 9.94. The lowest BCUT2D eigenvalue weighted by Gasteiger charge is -2.35. The summed E-state index contributed by atoms with van der Waals surface area (Å²) in [5.74, 6) is 0.446. The normalized spacial score (nSPS) is 20.1. The molecule has 0 N–H and O–H groups in total. The van der Waals surface area contributed by atoms with Gasteiger partial charge in [-0.3, -0.25) is 9.69 Å². The lowest BCUT2D eigenvalue weighted by Crippen LogP contribution is -2.38. The molecule has 1 aliphatic heterocycles. The summed E-state index contributed by atoms with van der Waals surface area (Å²) in [5, 5.41) is 0.851. The fraction of sp³-hybridized carbons (Fsp3) is 0.480. The zero-order valence-corrected chi connectivity index (χ0v) is 18.3. The van der Waals surface area contributed by atoms with E-state index < -0.39 is 0 Å². The number of fused-ring (bicyclic) bond motifs is 1. The largest absolute Gasteiger partial charge is 0.469 e. The molecule has 0 spiro atoms. The van der Waals surface area contributed by atoms with Crippen LogP contribution in [0.3, 0.4) is 0 Å². The second kappa shape index (κ2) is 8.49. The molecule has 3 nitrogen and oxygen atoms in total. The van der Waals surface area contributed by atoms with Gasteiger partial charge in [0.25, 0.3) is 0 Å². The first kappa shape index (κ1) is 20.4. The molecule has 0 aromatic heterocycles. The molecule has 1 saturated heterocycles. The van der Waals surface area contributed by atoms with Crippen molar-refractivity contribution in [2.45, 2.75) is 51.5 Å². The van der Waals surface area contributed by atoms with Crippen LogP contribution < -0.4 is 0 Å². The van der Waals surface area contributed by atoms with Gasteiger partial charge in [-0.05, 0) is 78.6 Å². The monoisotopic (exact) mass is 411 g/mol. The topological polar surface area (TPSA) is 29.5 Å². The highest BCUT2D eigenvalue weighted by molar-refractivity contribution is 6.31. The Hall–Kier alpha value is -1.84. The number of rotatable bonds is 4. The van der Waals surface area contributed by atoms with E-state index in [1.165, 1.54) is 34.9 Å². The fourth-order valence-electron chi connectivity index (χ4n) is 4.94. The summed E-state index contributed by atoms with van der Waals surface area (Å²) in [6, 6.07) is 13.8. The molecule has 1 heterocycles. The fourth-order valence-corrected chi connectivity index (χ4v) is 5.34. The number of esters is 1. The van der Waals surface area contributed by atoms with Crippen molar-refractivity contribution < 1.29 is 9.53 Å². The third kappa shape index (κ3) is 4.08. The van der Waals surface area contributed by atoms with Crippen molar-refractivity contribution >= 4 is 17.6 Å². The number of halogens is 1. The van der Waals surface area contributed by atoms with Gasteiger partial charge in [0, 0.05) is 11.1 Å². The van der Waals surface area contributed by atoms with E-state index in [9.17, 15) is 4.79 Å². The van der Waals surface area contributed by atoms with Crippen molar-refractivity contribution in [1.82, 2.24) is 4.90 Å². The SMILES string of the molecule is COC(=O)C1CCN(C2CCc3cc(-c4ccc(C(C)C)c(Cl)c4)ccc32)CC1. The summed E-state index contributed by atoms with van der Waals surface area (Å²) in [5.41, 5.74) is 6.53. The standard InChI is InChI=1S/C25H30ClNO2/c1-16(2)21-7-4-19(15-23(21)26)18-5-8-22-20(14-18)6-9-24(22)27-12-10-17(11-13-27)25(28)29-3/h4-5,7-8,14-17,24H,6,9-13H2,1-3H3. The minimum Gasteiger partial charge on any atom is -0.469 e. The maximum atomic E-state index is 11.8. The summed E-state index contributed by atoms with van der Waals surface area (Å²) in [4.78, 5) is 14.4. The van der Waals surface area contributed by atoms with E-state index >= 15 is 0 Å². The minimum atomic E-state index is -0.0525. The van der Waals surface area contributed by atoms with Gasteiger partial charge in [0.2, 0.25) is 0 Å². The molecule has 0 radical (unpaired) electrons. The van der Waals surface area contributed by atoms with E-state index in [2.05, 4.69) is 55.1 Å². The van der Waals surface area contributed by atoms with Crippen molar-refractivity contribution in [3.63, 3.8) is 0 Å². The second-order valence-corrected chi connectivity index (χ2v) is 9.10. The highest BCUT2D eigenvalue weighted by Gasteiger charge is 2.33. The highest BCUT2D eigenvalue weighted by atomic mass is 35.5. The first-order valence-corrected chi connectivity index (χ1v) is 11.1. The maximum absolute atomic E-state index is 11.8. The van der Waals surface area contributed by atoms with Crippen LogP contribution in [-0.2, 0) is 16.0 Å². The van der Waals surface area contributed by atoms with Crippen molar-refractivity contribution in [3.05, 3.63) is 58.1 Å². The molecule has 2 aromatic rings. The molecule has 2 aliphatic rings. The number of aryl methyl sites for hydroxylation is 1. The quantitative estimate of drug-likeness (QED) is 0.577. The number of methoxy groups -OCH3 is 1. The molecule has 29 heavy (non-hydrogen) atoms. The van der Waals surface area contributed by atoms with Gasteiger partial charge in [-0.25, -0.2) is 0 Å². The first-order valence-electron chi connectivity index (χ1n) is 10.7. The van der Waals surface area contributed by atoms with Gasteiger partial charge in [0.05, 0.1) is 13.0 Å². The first-order chi connectivity index (χ1) is 14.0. The van der Waals surface area contributed by atoms with Crippen molar-refractivity contribution in [3.8, 4) is 11.1 Å². The van der Waals surface area contributed by atoms with Gasteiger partial charge >= 0.3 is 5.97 Å². The average Bonchev–Trinajstić information content (AvgIpc) is 3.16. The van der Waals surface area contributed by atoms with Gasteiger partial charge in [0.1, 0.15) is 0 Å². The van der Waals surface area contributed by atoms with E-state index in [-0.39, 0.29) is 11.9 Å². The number of hydrogen-bond acceptors (Lipinski definition) is 3. The number of likely N-dealkylation sites (tertiary alicyclic amines) is 1. The molecule has 1 atom stereocenters. The third-order valence-corrected chi connectivity index (χ3v) is 6.98. The number of benzene rings is 2. The molecule has 154 valence electrons. The van der Waals surface area contributed by atoms with Gasteiger partial charge in [-0.1, -0.05) is 55.8 Å². The van der Waals surface area contributed by atoms with Crippen LogP contribution in [0, 0.1) is 5.92 Å². The summed E-state index contributed by atoms with van der Waals surface area (Å²) in [7, 11) is 1.49. The predicted octanol–water partition coefficient (Wildman–Crippen LogP) is 6.00. The maximum Gasteiger partial charge on any atom is 0.308 e. The summed E-state index contributed by atoms with van der Waals surface area (Å²) >= 11 is 6.52. The third-order valence-electron chi connectivity index (χ3n) is 6.65. The van der Waals surface area contributed by atoms with E-state index in [0.29, 0.717) is 12.0 Å². The number of hydrogen-bond donors (Lipinski definition) is 0. The molecule has 1 unspecified atom stereocenters. The van der Waals surface area contributed by atoms with Crippen LogP contribution >= 0.6 is 11.6 Å². The van der Waals surface area contributed by atoms with E-state index in [1.807, 2.05) is 0 Å². The Morgan fingerprint density at radius 1 is 1.07 bits per heavy atom. The van der Waals surface area contributed by atoms with Crippen LogP contribution in [0.15, 0.2) is 36.4 Å². The Balaban J connectivity index is 1.50. The lowest BCUT2D eigenvalue weighted by molar-refractivity contribution is -0.147.